The highest BCUT2D eigenvalue weighted by Gasteiger charge is 2.35. The molecule has 1 heterocycles. The van der Waals surface area contributed by atoms with Crippen LogP contribution in [0.4, 0.5) is 0 Å². The van der Waals surface area contributed by atoms with Gasteiger partial charge >= 0.3 is 5.97 Å². The van der Waals surface area contributed by atoms with Crippen LogP contribution < -0.4 is 0 Å². The van der Waals surface area contributed by atoms with Crippen LogP contribution in [0.2, 0.25) is 0 Å². The fraction of sp³-hybridized carbons (Fsp3) is 0.750. The first-order valence-electron chi connectivity index (χ1n) is 9.68. The fourth-order valence-corrected chi connectivity index (χ4v) is 2.96. The minimum absolute atomic E-state index is 0.142. The van der Waals surface area contributed by atoms with E-state index in [0.29, 0.717) is 32.1 Å². The van der Waals surface area contributed by atoms with E-state index >= 15 is 0 Å². The average molecular weight is 370 g/mol. The largest absolute Gasteiger partial charge is 0.481 e. The van der Waals surface area contributed by atoms with Gasteiger partial charge in [0, 0.05) is 12.8 Å². The summed E-state index contributed by atoms with van der Waals surface area (Å²) >= 11 is 0. The molecule has 0 unspecified atom stereocenters. The molecule has 1 rings (SSSR count). The number of aliphatic hydroxyl groups is 3. The van der Waals surface area contributed by atoms with Crippen molar-refractivity contribution >= 4 is 5.97 Å². The number of carboxylic acid groups (broad SMARTS) is 1. The molecule has 0 bridgehead atoms. The van der Waals surface area contributed by atoms with Crippen molar-refractivity contribution < 1.29 is 30.0 Å². The maximum absolute atomic E-state index is 10.4. The van der Waals surface area contributed by atoms with E-state index in [-0.39, 0.29) is 6.42 Å². The van der Waals surface area contributed by atoms with Crippen LogP contribution in [-0.2, 0) is 9.53 Å². The Balaban J connectivity index is 2.30. The fourth-order valence-electron chi connectivity index (χ4n) is 2.96. The molecule has 26 heavy (non-hydrogen) atoms. The van der Waals surface area contributed by atoms with Crippen molar-refractivity contribution in [2.24, 2.45) is 0 Å². The third-order valence-corrected chi connectivity index (χ3v) is 4.55. The van der Waals surface area contributed by atoms with Crippen molar-refractivity contribution in [3.05, 3.63) is 24.3 Å². The molecular formula is C20H34O6. The number of hydrogen-bond donors (Lipinski definition) is 4. The zero-order valence-electron chi connectivity index (χ0n) is 15.7. The molecule has 0 aromatic heterocycles. The highest BCUT2D eigenvalue weighted by molar-refractivity contribution is 5.66. The molecule has 0 aliphatic carbocycles. The van der Waals surface area contributed by atoms with Crippen molar-refractivity contribution in [2.45, 2.75) is 95.2 Å². The van der Waals surface area contributed by atoms with Gasteiger partial charge in [-0.3, -0.25) is 4.79 Å². The standard InChI is InChI=1S/C20H34O6/c1-2-3-6-9-15(21)12-13-18-17(23)14-19(26-18)16(22)10-7-4-5-8-11-20(24)25/h4,7,12-13,15-19,21-23H,2-3,5-6,8-11,14H2,1H3,(H,24,25)/b7-4-,13-12+/t15-,16-,17+,18+,19+/m0/s1. The summed E-state index contributed by atoms with van der Waals surface area (Å²) in [4.78, 5) is 10.4. The molecule has 0 saturated carbocycles. The van der Waals surface area contributed by atoms with E-state index in [1.807, 2.05) is 12.2 Å². The van der Waals surface area contributed by atoms with Gasteiger partial charge in [-0.15, -0.1) is 0 Å². The molecule has 1 aliphatic heterocycles. The molecule has 1 aliphatic rings. The van der Waals surface area contributed by atoms with Gasteiger partial charge in [-0.1, -0.05) is 50.5 Å². The number of carboxylic acids is 1. The zero-order valence-corrected chi connectivity index (χ0v) is 15.7. The molecule has 0 amide bonds. The third kappa shape index (κ3) is 9.48. The van der Waals surface area contributed by atoms with Crippen molar-refractivity contribution in [1.82, 2.24) is 0 Å². The number of aliphatic carboxylic acids is 1. The molecule has 0 aromatic rings. The Morgan fingerprint density at radius 1 is 1.23 bits per heavy atom. The van der Waals surface area contributed by atoms with Crippen LogP contribution in [0, 0.1) is 0 Å². The number of hydrogen-bond acceptors (Lipinski definition) is 5. The molecule has 5 atom stereocenters. The maximum Gasteiger partial charge on any atom is 0.303 e. The lowest BCUT2D eigenvalue weighted by Crippen LogP contribution is -2.25. The van der Waals surface area contributed by atoms with Crippen molar-refractivity contribution in [3.8, 4) is 0 Å². The highest BCUT2D eigenvalue weighted by Crippen LogP contribution is 2.25. The number of carbonyl (C=O) groups is 1. The summed E-state index contributed by atoms with van der Waals surface area (Å²) in [6, 6.07) is 0. The van der Waals surface area contributed by atoms with Gasteiger partial charge < -0.3 is 25.2 Å². The topological polar surface area (TPSA) is 107 Å². The summed E-state index contributed by atoms with van der Waals surface area (Å²) in [6.45, 7) is 2.11. The summed E-state index contributed by atoms with van der Waals surface area (Å²) in [7, 11) is 0. The minimum Gasteiger partial charge on any atom is -0.481 e. The molecule has 150 valence electrons. The van der Waals surface area contributed by atoms with Crippen LogP contribution in [0.3, 0.4) is 0 Å². The number of unbranched alkanes of at least 4 members (excludes halogenated alkanes) is 3. The van der Waals surface area contributed by atoms with Gasteiger partial charge in [0.15, 0.2) is 0 Å². The van der Waals surface area contributed by atoms with E-state index in [2.05, 4.69) is 6.92 Å². The monoisotopic (exact) mass is 370 g/mol. The van der Waals surface area contributed by atoms with E-state index < -0.39 is 36.5 Å². The number of aliphatic hydroxyl groups excluding tert-OH is 3. The van der Waals surface area contributed by atoms with Gasteiger partial charge in [0.1, 0.15) is 6.10 Å². The molecule has 6 nitrogen and oxygen atoms in total. The predicted molar refractivity (Wildman–Crippen MR) is 99.8 cm³/mol. The number of allylic oxidation sites excluding steroid dienone is 1. The minimum atomic E-state index is -0.804. The molecule has 0 radical (unpaired) electrons. The Morgan fingerprint density at radius 2 is 2.00 bits per heavy atom. The van der Waals surface area contributed by atoms with Crippen LogP contribution in [-0.4, -0.2) is 56.9 Å². The van der Waals surface area contributed by atoms with Crippen molar-refractivity contribution in [3.63, 3.8) is 0 Å². The van der Waals surface area contributed by atoms with Gasteiger partial charge in [0.2, 0.25) is 0 Å². The Morgan fingerprint density at radius 3 is 2.69 bits per heavy atom. The summed E-state index contributed by atoms with van der Waals surface area (Å²) in [5, 5.41) is 38.7. The lowest BCUT2D eigenvalue weighted by molar-refractivity contribution is -0.137. The van der Waals surface area contributed by atoms with Crippen LogP contribution >= 0.6 is 0 Å². The van der Waals surface area contributed by atoms with E-state index in [4.69, 9.17) is 9.84 Å². The second-order valence-electron chi connectivity index (χ2n) is 6.95. The SMILES string of the molecule is CCCCC[C@H](O)/C=C/[C@H]1O[C@@H]([C@@H](O)C/C=C\CCCC(=O)O)C[C@H]1O. The molecular weight excluding hydrogens is 336 g/mol. The lowest BCUT2D eigenvalue weighted by Gasteiger charge is -2.16. The maximum atomic E-state index is 10.4. The van der Waals surface area contributed by atoms with Gasteiger partial charge in [0.05, 0.1) is 24.4 Å². The second-order valence-corrected chi connectivity index (χ2v) is 6.95. The lowest BCUT2D eigenvalue weighted by atomic mass is 10.0. The van der Waals surface area contributed by atoms with Crippen LogP contribution in [0.15, 0.2) is 24.3 Å². The molecule has 6 heteroatoms. The Kier molecular flexibility index (Phi) is 11.4. The van der Waals surface area contributed by atoms with Crippen molar-refractivity contribution in [1.29, 1.82) is 0 Å². The molecule has 1 saturated heterocycles. The van der Waals surface area contributed by atoms with Crippen LogP contribution in [0.5, 0.6) is 0 Å². The van der Waals surface area contributed by atoms with Gasteiger partial charge in [-0.2, -0.15) is 0 Å². The summed E-state index contributed by atoms with van der Waals surface area (Å²) in [6.07, 6.45) is 10.2. The normalized spacial score (nSPS) is 25.9. The highest BCUT2D eigenvalue weighted by atomic mass is 16.5. The smallest absolute Gasteiger partial charge is 0.303 e. The Hall–Kier alpha value is -1.21. The summed E-state index contributed by atoms with van der Waals surface area (Å²) in [5.41, 5.74) is 0. The van der Waals surface area contributed by atoms with Gasteiger partial charge in [-0.25, -0.2) is 0 Å². The molecule has 4 N–H and O–H groups in total. The van der Waals surface area contributed by atoms with Gasteiger partial charge in [0.25, 0.3) is 0 Å². The summed E-state index contributed by atoms with van der Waals surface area (Å²) in [5.74, 6) is -0.804. The zero-order chi connectivity index (χ0) is 19.4. The first kappa shape index (κ1) is 22.8. The van der Waals surface area contributed by atoms with E-state index in [1.54, 1.807) is 12.2 Å². The average Bonchev–Trinajstić information content (AvgIpc) is 2.97. The number of ether oxygens (including phenoxy) is 1. The van der Waals surface area contributed by atoms with Crippen LogP contribution in [0.1, 0.15) is 64.7 Å². The molecule has 0 aromatic carbocycles. The van der Waals surface area contributed by atoms with E-state index in [1.165, 1.54) is 0 Å². The second kappa shape index (κ2) is 13.0. The molecule has 1 fully saturated rings. The number of rotatable bonds is 13. The van der Waals surface area contributed by atoms with E-state index in [9.17, 15) is 20.1 Å². The van der Waals surface area contributed by atoms with E-state index in [0.717, 1.165) is 19.3 Å². The Labute approximate surface area is 156 Å². The van der Waals surface area contributed by atoms with Crippen molar-refractivity contribution in [2.75, 3.05) is 0 Å². The van der Waals surface area contributed by atoms with Gasteiger partial charge in [-0.05, 0) is 25.7 Å². The van der Waals surface area contributed by atoms with Crippen LogP contribution in [0.25, 0.3) is 0 Å². The predicted octanol–water partition coefficient (Wildman–Crippen LogP) is 2.56. The third-order valence-electron chi connectivity index (χ3n) is 4.55. The first-order valence-corrected chi connectivity index (χ1v) is 9.68. The Bertz CT molecular complexity index is 448. The quantitative estimate of drug-likeness (QED) is 0.293. The summed E-state index contributed by atoms with van der Waals surface area (Å²) < 4.78 is 5.71. The molecule has 0 spiro atoms. The first-order chi connectivity index (χ1) is 12.4.